The van der Waals surface area contributed by atoms with Gasteiger partial charge in [0.05, 0.1) is 0 Å². The molecule has 0 aromatic heterocycles. The first-order valence-electron chi connectivity index (χ1n) is 6.29. The number of amides is 2. The van der Waals surface area contributed by atoms with Crippen LogP contribution in [0, 0.1) is 5.92 Å². The third-order valence-electron chi connectivity index (χ3n) is 2.14. The van der Waals surface area contributed by atoms with Crippen LogP contribution in [-0.4, -0.2) is 54.9 Å². The van der Waals surface area contributed by atoms with Gasteiger partial charge in [-0.1, -0.05) is 13.8 Å². The summed E-state index contributed by atoms with van der Waals surface area (Å²) in [6, 6.07) is -0.331. The molecule has 2 N–H and O–H groups in total. The van der Waals surface area contributed by atoms with Gasteiger partial charge in [0.1, 0.15) is 6.54 Å². The first-order chi connectivity index (χ1) is 8.47. The predicted molar refractivity (Wildman–Crippen MR) is 68.6 cm³/mol. The Hall–Kier alpha value is -1.30. The molecule has 2 amide bonds. The van der Waals surface area contributed by atoms with E-state index in [1.54, 1.807) is 0 Å². The summed E-state index contributed by atoms with van der Waals surface area (Å²) in [6.07, 6.45) is 0.724. The van der Waals surface area contributed by atoms with Gasteiger partial charge in [-0.2, -0.15) is 0 Å². The maximum Gasteiger partial charge on any atom is 0.323 e. The van der Waals surface area contributed by atoms with E-state index in [2.05, 4.69) is 5.32 Å². The lowest BCUT2D eigenvalue weighted by atomic mass is 10.2. The van der Waals surface area contributed by atoms with Crippen molar-refractivity contribution >= 4 is 12.0 Å². The minimum absolute atomic E-state index is 0.235. The van der Waals surface area contributed by atoms with Crippen LogP contribution >= 0.6 is 0 Å². The van der Waals surface area contributed by atoms with Crippen molar-refractivity contribution in [1.82, 2.24) is 10.2 Å². The van der Waals surface area contributed by atoms with Crippen molar-refractivity contribution in [3.8, 4) is 0 Å². The molecule has 0 aromatic carbocycles. The summed E-state index contributed by atoms with van der Waals surface area (Å²) in [7, 11) is 0. The number of nitrogens with one attached hydrogen (secondary N) is 1. The largest absolute Gasteiger partial charge is 0.480 e. The Morgan fingerprint density at radius 3 is 2.56 bits per heavy atom. The maximum absolute atomic E-state index is 11.8. The number of rotatable bonds is 9. The van der Waals surface area contributed by atoms with Crippen LogP contribution in [0.5, 0.6) is 0 Å². The Balaban J connectivity index is 4.00. The van der Waals surface area contributed by atoms with Gasteiger partial charge in [0.25, 0.3) is 0 Å². The molecule has 0 spiro atoms. The summed E-state index contributed by atoms with van der Waals surface area (Å²) in [5.41, 5.74) is 0. The molecule has 0 rings (SSSR count). The highest BCUT2D eigenvalue weighted by molar-refractivity contribution is 5.80. The minimum atomic E-state index is -1.000. The van der Waals surface area contributed by atoms with Crippen molar-refractivity contribution in [3.63, 3.8) is 0 Å². The fourth-order valence-corrected chi connectivity index (χ4v) is 1.45. The number of carboxylic acids is 1. The number of urea groups is 1. The van der Waals surface area contributed by atoms with Gasteiger partial charge >= 0.3 is 12.0 Å². The summed E-state index contributed by atoms with van der Waals surface area (Å²) in [5.74, 6) is -0.765. The zero-order chi connectivity index (χ0) is 14.0. The summed E-state index contributed by atoms with van der Waals surface area (Å²) >= 11 is 0. The van der Waals surface area contributed by atoms with Gasteiger partial charge in [-0.15, -0.1) is 0 Å². The number of carbonyl (C=O) groups excluding carboxylic acids is 1. The SMILES string of the molecule is CCOCCCNC(=O)N(CC(=O)O)CC(C)C. The quantitative estimate of drug-likeness (QED) is 0.610. The van der Waals surface area contributed by atoms with Crippen molar-refractivity contribution in [2.75, 3.05) is 32.8 Å². The summed E-state index contributed by atoms with van der Waals surface area (Å²) in [5, 5.41) is 11.4. The van der Waals surface area contributed by atoms with Gasteiger partial charge in [-0.25, -0.2) is 4.79 Å². The molecule has 0 unspecified atom stereocenters. The second-order valence-electron chi connectivity index (χ2n) is 4.45. The normalized spacial score (nSPS) is 10.4. The van der Waals surface area contributed by atoms with E-state index in [-0.39, 0.29) is 18.5 Å². The molecule has 0 bridgehead atoms. The smallest absolute Gasteiger partial charge is 0.323 e. The fourth-order valence-electron chi connectivity index (χ4n) is 1.45. The highest BCUT2D eigenvalue weighted by atomic mass is 16.5. The molecule has 0 saturated heterocycles. The summed E-state index contributed by atoms with van der Waals surface area (Å²) in [6.45, 7) is 7.71. The van der Waals surface area contributed by atoms with Crippen LogP contribution in [0.3, 0.4) is 0 Å². The van der Waals surface area contributed by atoms with Gasteiger partial charge < -0.3 is 20.1 Å². The monoisotopic (exact) mass is 260 g/mol. The van der Waals surface area contributed by atoms with Gasteiger partial charge in [0.15, 0.2) is 0 Å². The Morgan fingerprint density at radius 1 is 1.39 bits per heavy atom. The maximum atomic E-state index is 11.8. The zero-order valence-corrected chi connectivity index (χ0v) is 11.4. The lowest BCUT2D eigenvalue weighted by Crippen LogP contribution is -2.44. The average Bonchev–Trinajstić information content (AvgIpc) is 2.26. The molecule has 0 aliphatic carbocycles. The van der Waals surface area contributed by atoms with E-state index in [4.69, 9.17) is 9.84 Å². The third-order valence-corrected chi connectivity index (χ3v) is 2.14. The molecule has 0 aromatic rings. The number of ether oxygens (including phenoxy) is 1. The number of aliphatic carboxylic acids is 1. The minimum Gasteiger partial charge on any atom is -0.480 e. The van der Waals surface area contributed by atoms with E-state index in [1.807, 2.05) is 20.8 Å². The van der Waals surface area contributed by atoms with Gasteiger partial charge in [0.2, 0.25) is 0 Å². The Bertz CT molecular complexity index is 256. The molecular weight excluding hydrogens is 236 g/mol. The topological polar surface area (TPSA) is 78.9 Å². The number of hydrogen-bond donors (Lipinski definition) is 2. The van der Waals surface area contributed by atoms with Crippen LogP contribution in [-0.2, 0) is 9.53 Å². The highest BCUT2D eigenvalue weighted by Crippen LogP contribution is 1.99. The molecule has 0 aliphatic heterocycles. The number of carboxylic acid groups (broad SMARTS) is 1. The van der Waals surface area contributed by atoms with E-state index in [9.17, 15) is 9.59 Å². The van der Waals surface area contributed by atoms with Crippen LogP contribution in [0.15, 0.2) is 0 Å². The van der Waals surface area contributed by atoms with E-state index in [1.165, 1.54) is 4.90 Å². The zero-order valence-electron chi connectivity index (χ0n) is 11.4. The summed E-state index contributed by atoms with van der Waals surface area (Å²) in [4.78, 5) is 23.7. The van der Waals surface area contributed by atoms with Gasteiger partial charge in [-0.05, 0) is 19.3 Å². The molecule has 6 nitrogen and oxygen atoms in total. The van der Waals surface area contributed by atoms with E-state index >= 15 is 0 Å². The van der Waals surface area contributed by atoms with Crippen LogP contribution in [0.2, 0.25) is 0 Å². The third kappa shape index (κ3) is 8.81. The molecule has 0 saturated carbocycles. The fraction of sp³-hybridized carbons (Fsp3) is 0.833. The first-order valence-corrected chi connectivity index (χ1v) is 6.29. The number of nitrogens with zero attached hydrogens (tertiary/aromatic N) is 1. The molecular formula is C12H24N2O4. The van der Waals surface area contributed by atoms with Crippen LogP contribution in [0.1, 0.15) is 27.2 Å². The molecule has 18 heavy (non-hydrogen) atoms. The number of carbonyl (C=O) groups is 2. The lowest BCUT2D eigenvalue weighted by Gasteiger charge is -2.23. The van der Waals surface area contributed by atoms with Crippen LogP contribution in [0.4, 0.5) is 4.79 Å². The second kappa shape index (κ2) is 9.70. The van der Waals surface area contributed by atoms with Crippen LogP contribution in [0.25, 0.3) is 0 Å². The van der Waals surface area contributed by atoms with Crippen LogP contribution < -0.4 is 5.32 Å². The standard InChI is InChI=1S/C12H24N2O4/c1-4-18-7-5-6-13-12(17)14(8-10(2)3)9-11(15)16/h10H,4-9H2,1-3H3,(H,13,17)(H,15,16). The first kappa shape index (κ1) is 16.7. The van der Waals surface area contributed by atoms with Gasteiger partial charge in [0, 0.05) is 26.3 Å². The van der Waals surface area contributed by atoms with Gasteiger partial charge in [-0.3, -0.25) is 4.79 Å². The highest BCUT2D eigenvalue weighted by Gasteiger charge is 2.17. The lowest BCUT2D eigenvalue weighted by molar-refractivity contribution is -0.137. The molecule has 106 valence electrons. The van der Waals surface area contributed by atoms with E-state index in [0.717, 1.165) is 6.42 Å². The van der Waals surface area contributed by atoms with E-state index in [0.29, 0.717) is 26.3 Å². The molecule has 6 heteroatoms. The molecule has 0 heterocycles. The Kier molecular flexibility index (Phi) is 9.00. The molecule has 0 radical (unpaired) electrons. The van der Waals surface area contributed by atoms with Crippen molar-refractivity contribution in [1.29, 1.82) is 0 Å². The Morgan fingerprint density at radius 2 is 2.06 bits per heavy atom. The van der Waals surface area contributed by atoms with E-state index < -0.39 is 5.97 Å². The van der Waals surface area contributed by atoms with Crippen molar-refractivity contribution < 1.29 is 19.4 Å². The van der Waals surface area contributed by atoms with Crippen molar-refractivity contribution in [2.24, 2.45) is 5.92 Å². The van der Waals surface area contributed by atoms with Crippen molar-refractivity contribution in [3.05, 3.63) is 0 Å². The molecule has 0 fully saturated rings. The predicted octanol–water partition coefficient (Wildman–Crippen LogP) is 1.17. The van der Waals surface area contributed by atoms with Crippen molar-refractivity contribution in [2.45, 2.75) is 27.2 Å². The number of hydrogen-bond acceptors (Lipinski definition) is 3. The molecule has 0 aliphatic rings. The molecule has 0 atom stereocenters. The summed E-state index contributed by atoms with van der Waals surface area (Å²) < 4.78 is 5.15. The second-order valence-corrected chi connectivity index (χ2v) is 4.45. The Labute approximate surface area is 108 Å². The average molecular weight is 260 g/mol.